The van der Waals surface area contributed by atoms with E-state index in [1.54, 1.807) is 12.4 Å². The van der Waals surface area contributed by atoms with Crippen molar-refractivity contribution >= 4 is 11.8 Å². The van der Waals surface area contributed by atoms with Gasteiger partial charge < -0.3 is 10.2 Å². The molecule has 0 saturated carbocycles. The van der Waals surface area contributed by atoms with E-state index < -0.39 is 11.9 Å². The summed E-state index contributed by atoms with van der Waals surface area (Å²) >= 11 is 0. The highest BCUT2D eigenvalue weighted by atomic mass is 19.4. The molecule has 1 atom stereocenters. The monoisotopic (exact) mass is 367 g/mol. The Labute approximate surface area is 149 Å². The van der Waals surface area contributed by atoms with Gasteiger partial charge in [-0.25, -0.2) is 19.9 Å². The summed E-state index contributed by atoms with van der Waals surface area (Å²) in [5, 5.41) is 3.06. The number of rotatable bonds is 5. The Bertz CT molecular complexity index is 733. The lowest BCUT2D eigenvalue weighted by molar-refractivity contribution is -0.141. The number of nitrogens with zero attached hydrogens (tertiary/aromatic N) is 6. The second kappa shape index (κ2) is 7.40. The third-order valence-electron chi connectivity index (χ3n) is 4.08. The number of hydrogen-bond acceptors (Lipinski definition) is 7. The van der Waals surface area contributed by atoms with Gasteiger partial charge in [-0.3, -0.25) is 4.90 Å². The molecule has 7 nitrogen and oxygen atoms in total. The van der Waals surface area contributed by atoms with Gasteiger partial charge in [-0.05, 0) is 6.42 Å². The highest BCUT2D eigenvalue weighted by Crippen LogP contribution is 2.28. The molecule has 0 aromatic carbocycles. The second-order valence-corrected chi connectivity index (χ2v) is 6.44. The largest absolute Gasteiger partial charge is 0.433 e. The molecule has 1 aliphatic rings. The first kappa shape index (κ1) is 18.3. The minimum absolute atomic E-state index is 0.0351. The maximum Gasteiger partial charge on any atom is 0.433 e. The Kier molecular flexibility index (Phi) is 5.21. The van der Waals surface area contributed by atoms with Gasteiger partial charge in [0.25, 0.3) is 0 Å². The Balaban J connectivity index is 1.55. The van der Waals surface area contributed by atoms with E-state index in [2.05, 4.69) is 30.2 Å². The van der Waals surface area contributed by atoms with E-state index in [-0.39, 0.29) is 11.9 Å². The van der Waals surface area contributed by atoms with Crippen LogP contribution in [0.1, 0.15) is 17.7 Å². The molecule has 0 bridgehead atoms. The molecule has 3 rings (SSSR count). The predicted molar refractivity (Wildman–Crippen MR) is 90.7 cm³/mol. The van der Waals surface area contributed by atoms with Crippen molar-refractivity contribution in [3.05, 3.63) is 36.0 Å². The molecule has 1 saturated heterocycles. The quantitative estimate of drug-likeness (QED) is 0.867. The summed E-state index contributed by atoms with van der Waals surface area (Å²) in [6.45, 7) is 2.24. The van der Waals surface area contributed by atoms with Crippen LogP contribution in [0.15, 0.2) is 24.8 Å². The molecule has 0 aliphatic carbocycles. The van der Waals surface area contributed by atoms with Crippen LogP contribution in [0.2, 0.25) is 0 Å². The number of likely N-dealkylation sites (tertiary alicyclic amines) is 1. The molecular formula is C16H20F3N7. The Morgan fingerprint density at radius 1 is 1.19 bits per heavy atom. The van der Waals surface area contributed by atoms with E-state index in [9.17, 15) is 13.2 Å². The molecule has 140 valence electrons. The lowest BCUT2D eigenvalue weighted by atomic mass is 10.2. The highest BCUT2D eigenvalue weighted by Gasteiger charge is 2.33. The molecule has 26 heavy (non-hydrogen) atoms. The van der Waals surface area contributed by atoms with Crippen LogP contribution < -0.4 is 10.2 Å². The van der Waals surface area contributed by atoms with Gasteiger partial charge in [0.1, 0.15) is 17.8 Å². The molecule has 0 spiro atoms. The topological polar surface area (TPSA) is 70.1 Å². The average Bonchev–Trinajstić information content (AvgIpc) is 3.02. The SMILES string of the molecule is CN(C)c1ncc(CN2CCC(Nc3cc(C(F)(F)F)ncn3)C2)cn1. The maximum absolute atomic E-state index is 12.7. The van der Waals surface area contributed by atoms with E-state index in [0.717, 1.165) is 30.9 Å². The third-order valence-corrected chi connectivity index (χ3v) is 4.08. The van der Waals surface area contributed by atoms with Crippen LogP contribution in [0.4, 0.5) is 24.9 Å². The number of nitrogens with one attached hydrogen (secondary N) is 1. The average molecular weight is 367 g/mol. The summed E-state index contributed by atoms with van der Waals surface area (Å²) in [4.78, 5) is 19.8. The van der Waals surface area contributed by atoms with Gasteiger partial charge in [-0.1, -0.05) is 0 Å². The molecule has 0 radical (unpaired) electrons. The number of alkyl halides is 3. The molecular weight excluding hydrogens is 347 g/mol. The fourth-order valence-electron chi connectivity index (χ4n) is 2.81. The molecule has 1 N–H and O–H groups in total. The van der Waals surface area contributed by atoms with Crippen LogP contribution in [-0.4, -0.2) is 58.1 Å². The molecule has 3 heterocycles. The van der Waals surface area contributed by atoms with E-state index in [4.69, 9.17) is 0 Å². The molecule has 1 aliphatic heterocycles. The first-order valence-corrected chi connectivity index (χ1v) is 8.17. The Hall–Kier alpha value is -2.49. The lowest BCUT2D eigenvalue weighted by Gasteiger charge is -2.17. The smallest absolute Gasteiger partial charge is 0.366 e. The minimum Gasteiger partial charge on any atom is -0.366 e. The van der Waals surface area contributed by atoms with E-state index in [0.29, 0.717) is 19.0 Å². The lowest BCUT2D eigenvalue weighted by Crippen LogP contribution is -2.26. The van der Waals surface area contributed by atoms with Crippen LogP contribution >= 0.6 is 0 Å². The van der Waals surface area contributed by atoms with Gasteiger partial charge in [0.15, 0.2) is 0 Å². The van der Waals surface area contributed by atoms with Crippen LogP contribution in [0.25, 0.3) is 0 Å². The number of hydrogen-bond donors (Lipinski definition) is 1. The third kappa shape index (κ3) is 4.57. The van der Waals surface area contributed by atoms with Crippen LogP contribution in [-0.2, 0) is 12.7 Å². The summed E-state index contributed by atoms with van der Waals surface area (Å²) in [6, 6.07) is 0.976. The zero-order valence-corrected chi connectivity index (χ0v) is 14.5. The van der Waals surface area contributed by atoms with Crippen molar-refractivity contribution in [3.8, 4) is 0 Å². The van der Waals surface area contributed by atoms with E-state index in [1.807, 2.05) is 19.0 Å². The number of anilines is 2. The maximum atomic E-state index is 12.7. The molecule has 1 unspecified atom stereocenters. The van der Waals surface area contributed by atoms with Crippen molar-refractivity contribution in [3.63, 3.8) is 0 Å². The van der Waals surface area contributed by atoms with Crippen molar-refractivity contribution in [2.75, 3.05) is 37.4 Å². The van der Waals surface area contributed by atoms with Gasteiger partial charge in [-0.2, -0.15) is 13.2 Å². The molecule has 0 amide bonds. The van der Waals surface area contributed by atoms with Crippen LogP contribution in [0.3, 0.4) is 0 Å². The normalized spacial score (nSPS) is 18.1. The fraction of sp³-hybridized carbons (Fsp3) is 0.500. The van der Waals surface area contributed by atoms with Gasteiger partial charge in [0.05, 0.1) is 0 Å². The molecule has 10 heteroatoms. The van der Waals surface area contributed by atoms with Gasteiger partial charge in [-0.15, -0.1) is 0 Å². The number of halogens is 3. The fourth-order valence-corrected chi connectivity index (χ4v) is 2.81. The Morgan fingerprint density at radius 3 is 2.58 bits per heavy atom. The summed E-state index contributed by atoms with van der Waals surface area (Å²) < 4.78 is 38.2. The van der Waals surface area contributed by atoms with Crippen molar-refractivity contribution < 1.29 is 13.2 Å². The summed E-state index contributed by atoms with van der Waals surface area (Å²) in [7, 11) is 3.76. The minimum atomic E-state index is -4.47. The van der Waals surface area contributed by atoms with Crippen LogP contribution in [0, 0.1) is 0 Å². The van der Waals surface area contributed by atoms with Crippen molar-refractivity contribution in [2.45, 2.75) is 25.2 Å². The van der Waals surface area contributed by atoms with E-state index >= 15 is 0 Å². The molecule has 2 aromatic heterocycles. The molecule has 2 aromatic rings. The first-order chi connectivity index (χ1) is 12.3. The zero-order chi connectivity index (χ0) is 18.7. The van der Waals surface area contributed by atoms with Crippen molar-refractivity contribution in [1.29, 1.82) is 0 Å². The first-order valence-electron chi connectivity index (χ1n) is 8.17. The van der Waals surface area contributed by atoms with E-state index in [1.165, 1.54) is 0 Å². The summed E-state index contributed by atoms with van der Waals surface area (Å²) in [6.07, 6.45) is 0.871. The molecule has 1 fully saturated rings. The van der Waals surface area contributed by atoms with Gasteiger partial charge >= 0.3 is 6.18 Å². The second-order valence-electron chi connectivity index (χ2n) is 6.44. The Morgan fingerprint density at radius 2 is 1.92 bits per heavy atom. The highest BCUT2D eigenvalue weighted by molar-refractivity contribution is 5.37. The zero-order valence-electron chi connectivity index (χ0n) is 14.5. The summed E-state index contributed by atoms with van der Waals surface area (Å²) in [5.41, 5.74) is 0.0561. The van der Waals surface area contributed by atoms with Gasteiger partial charge in [0.2, 0.25) is 5.95 Å². The van der Waals surface area contributed by atoms with Crippen LogP contribution in [0.5, 0.6) is 0 Å². The predicted octanol–water partition coefficient (Wildman–Crippen LogP) is 2.04. The standard InChI is InChI=1S/C16H20F3N7/c1-25(2)15-20-6-11(7-21-15)8-26-4-3-12(9-26)24-14-5-13(16(17,18)19)22-10-23-14/h5-7,10,12H,3-4,8-9H2,1-2H3,(H,22,23,24). The number of aromatic nitrogens is 4. The van der Waals surface area contributed by atoms with Crippen molar-refractivity contribution in [1.82, 2.24) is 24.8 Å². The van der Waals surface area contributed by atoms with Crippen molar-refractivity contribution in [2.24, 2.45) is 0 Å². The summed E-state index contributed by atoms with van der Waals surface area (Å²) in [5.74, 6) is 0.844. The van der Waals surface area contributed by atoms with Gasteiger partial charge in [0, 0.05) is 63.8 Å².